The number of hydrogen-bond acceptors (Lipinski definition) is 3. The molecule has 0 saturated carbocycles. The summed E-state index contributed by atoms with van der Waals surface area (Å²) >= 11 is 0. The van der Waals surface area contributed by atoms with Gasteiger partial charge in [0.05, 0.1) is 12.3 Å². The monoisotopic (exact) mass is 222 g/mol. The second-order valence-corrected chi connectivity index (χ2v) is 4.74. The summed E-state index contributed by atoms with van der Waals surface area (Å²) in [5.74, 6) is 1.07. The van der Waals surface area contributed by atoms with Gasteiger partial charge < -0.3 is 14.6 Å². The Bertz CT molecular complexity index is 297. The minimum atomic E-state index is 0.367. The van der Waals surface area contributed by atoms with E-state index in [-0.39, 0.29) is 0 Å². The normalized spacial score (nSPS) is 24.5. The third-order valence-corrected chi connectivity index (χ3v) is 3.36. The molecule has 0 aliphatic carbocycles. The Kier molecular flexibility index (Phi) is 4.02. The molecule has 16 heavy (non-hydrogen) atoms. The van der Waals surface area contributed by atoms with Crippen LogP contribution in [-0.4, -0.2) is 31.1 Å². The van der Waals surface area contributed by atoms with Crippen LogP contribution in [-0.2, 0) is 0 Å². The molecule has 1 aliphatic heterocycles. The zero-order valence-electron chi connectivity index (χ0n) is 10.3. The van der Waals surface area contributed by atoms with E-state index in [1.54, 1.807) is 6.26 Å². The maximum absolute atomic E-state index is 5.48. The molecule has 0 radical (unpaired) electrons. The Balaban J connectivity index is 1.91. The lowest BCUT2D eigenvalue weighted by molar-refractivity contribution is 0.209. The van der Waals surface area contributed by atoms with Gasteiger partial charge in [-0.25, -0.2) is 0 Å². The molecule has 3 nitrogen and oxygen atoms in total. The van der Waals surface area contributed by atoms with Crippen molar-refractivity contribution >= 4 is 0 Å². The number of nitrogens with one attached hydrogen (secondary N) is 1. The van der Waals surface area contributed by atoms with Gasteiger partial charge in [-0.15, -0.1) is 0 Å². The number of nitrogens with zero attached hydrogens (tertiary/aromatic N) is 1. The third kappa shape index (κ3) is 2.86. The third-order valence-electron chi connectivity index (χ3n) is 3.36. The minimum Gasteiger partial charge on any atom is -0.468 e. The number of hydrogen-bond donors (Lipinski definition) is 1. The van der Waals surface area contributed by atoms with Gasteiger partial charge in [-0.2, -0.15) is 0 Å². The zero-order chi connectivity index (χ0) is 11.4. The summed E-state index contributed by atoms with van der Waals surface area (Å²) in [4.78, 5) is 2.40. The first-order valence-corrected chi connectivity index (χ1v) is 6.27. The van der Waals surface area contributed by atoms with Crippen molar-refractivity contribution in [2.24, 2.45) is 0 Å². The predicted octanol–water partition coefficient (Wildman–Crippen LogP) is 2.41. The Morgan fingerprint density at radius 2 is 2.50 bits per heavy atom. The topological polar surface area (TPSA) is 28.4 Å². The van der Waals surface area contributed by atoms with Crippen molar-refractivity contribution in [2.75, 3.05) is 20.1 Å². The molecule has 1 aromatic rings. The van der Waals surface area contributed by atoms with Crippen molar-refractivity contribution in [1.82, 2.24) is 10.2 Å². The molecule has 2 rings (SSSR count). The van der Waals surface area contributed by atoms with Crippen LogP contribution in [0.25, 0.3) is 0 Å². The molecule has 1 fully saturated rings. The van der Waals surface area contributed by atoms with E-state index in [1.807, 2.05) is 6.07 Å². The second-order valence-electron chi connectivity index (χ2n) is 4.74. The van der Waals surface area contributed by atoms with Crippen LogP contribution < -0.4 is 5.32 Å². The Morgan fingerprint density at radius 3 is 3.12 bits per heavy atom. The molecule has 1 aliphatic rings. The number of furan rings is 1. The fraction of sp³-hybridized carbons (Fsp3) is 0.692. The average molecular weight is 222 g/mol. The van der Waals surface area contributed by atoms with E-state index < -0.39 is 0 Å². The lowest BCUT2D eigenvalue weighted by Crippen LogP contribution is -2.45. The van der Waals surface area contributed by atoms with Crippen LogP contribution >= 0.6 is 0 Å². The van der Waals surface area contributed by atoms with Crippen LogP contribution in [0, 0.1) is 0 Å². The highest BCUT2D eigenvalue weighted by atomic mass is 16.3. The molecule has 1 N–H and O–H groups in total. The van der Waals surface area contributed by atoms with E-state index in [2.05, 4.69) is 30.3 Å². The van der Waals surface area contributed by atoms with Gasteiger partial charge in [0.1, 0.15) is 5.76 Å². The number of likely N-dealkylation sites (N-methyl/N-ethyl adjacent to an activating group) is 1. The van der Waals surface area contributed by atoms with Crippen molar-refractivity contribution < 1.29 is 4.42 Å². The SMILES string of the molecule is CCC(NC1CCCN(C)C1)c1ccco1. The van der Waals surface area contributed by atoms with Crippen LogP contribution in [0.3, 0.4) is 0 Å². The molecule has 0 aromatic carbocycles. The fourth-order valence-corrected chi connectivity index (χ4v) is 2.48. The summed E-state index contributed by atoms with van der Waals surface area (Å²) in [6.07, 6.45) is 5.41. The Hall–Kier alpha value is -0.800. The molecule has 0 bridgehead atoms. The van der Waals surface area contributed by atoms with Crippen molar-refractivity contribution in [2.45, 2.75) is 38.3 Å². The van der Waals surface area contributed by atoms with E-state index in [4.69, 9.17) is 4.42 Å². The highest BCUT2D eigenvalue weighted by molar-refractivity contribution is 5.04. The smallest absolute Gasteiger partial charge is 0.120 e. The van der Waals surface area contributed by atoms with Crippen LogP contribution in [0.2, 0.25) is 0 Å². The highest BCUT2D eigenvalue weighted by Crippen LogP contribution is 2.19. The second kappa shape index (κ2) is 5.51. The first-order chi connectivity index (χ1) is 7.79. The lowest BCUT2D eigenvalue weighted by Gasteiger charge is -2.32. The van der Waals surface area contributed by atoms with Crippen molar-refractivity contribution in [3.63, 3.8) is 0 Å². The van der Waals surface area contributed by atoms with Gasteiger partial charge in [0.2, 0.25) is 0 Å². The summed E-state index contributed by atoms with van der Waals surface area (Å²) in [5.41, 5.74) is 0. The van der Waals surface area contributed by atoms with Crippen LogP contribution in [0.15, 0.2) is 22.8 Å². The Morgan fingerprint density at radius 1 is 1.62 bits per heavy atom. The molecular formula is C13H22N2O. The molecule has 0 amide bonds. The average Bonchev–Trinajstić information content (AvgIpc) is 2.79. The van der Waals surface area contributed by atoms with Crippen LogP contribution in [0.4, 0.5) is 0 Å². The van der Waals surface area contributed by atoms with Gasteiger partial charge in [0.15, 0.2) is 0 Å². The molecule has 90 valence electrons. The van der Waals surface area contributed by atoms with Gasteiger partial charge in [-0.1, -0.05) is 6.92 Å². The number of likely N-dealkylation sites (tertiary alicyclic amines) is 1. The lowest BCUT2D eigenvalue weighted by atomic mass is 10.0. The van der Waals surface area contributed by atoms with E-state index in [1.165, 1.54) is 19.4 Å². The van der Waals surface area contributed by atoms with Crippen LogP contribution in [0.1, 0.15) is 38.0 Å². The summed E-state index contributed by atoms with van der Waals surface area (Å²) in [6, 6.07) is 5.00. The first-order valence-electron chi connectivity index (χ1n) is 6.27. The maximum Gasteiger partial charge on any atom is 0.120 e. The fourth-order valence-electron chi connectivity index (χ4n) is 2.48. The first kappa shape index (κ1) is 11.7. The van der Waals surface area contributed by atoms with Crippen molar-refractivity contribution in [3.05, 3.63) is 24.2 Å². The number of piperidine rings is 1. The summed E-state index contributed by atoms with van der Waals surface area (Å²) in [7, 11) is 2.20. The Labute approximate surface area is 97.8 Å². The molecule has 1 saturated heterocycles. The van der Waals surface area contributed by atoms with Gasteiger partial charge in [-0.3, -0.25) is 0 Å². The van der Waals surface area contributed by atoms with E-state index in [0.29, 0.717) is 12.1 Å². The van der Waals surface area contributed by atoms with E-state index >= 15 is 0 Å². The van der Waals surface area contributed by atoms with Crippen molar-refractivity contribution in [3.8, 4) is 0 Å². The molecular weight excluding hydrogens is 200 g/mol. The van der Waals surface area contributed by atoms with Gasteiger partial charge >= 0.3 is 0 Å². The highest BCUT2D eigenvalue weighted by Gasteiger charge is 2.21. The number of rotatable bonds is 4. The van der Waals surface area contributed by atoms with Gasteiger partial charge in [0.25, 0.3) is 0 Å². The van der Waals surface area contributed by atoms with Crippen molar-refractivity contribution in [1.29, 1.82) is 0 Å². The van der Waals surface area contributed by atoms with Gasteiger partial charge in [-0.05, 0) is 45.0 Å². The maximum atomic E-state index is 5.48. The molecule has 1 aromatic heterocycles. The summed E-state index contributed by atoms with van der Waals surface area (Å²) in [6.45, 7) is 4.58. The molecule has 2 heterocycles. The van der Waals surface area contributed by atoms with Gasteiger partial charge in [0, 0.05) is 12.6 Å². The largest absolute Gasteiger partial charge is 0.468 e. The molecule has 0 spiro atoms. The molecule has 2 unspecified atom stereocenters. The summed E-state index contributed by atoms with van der Waals surface area (Å²) in [5, 5.41) is 3.70. The van der Waals surface area contributed by atoms with E-state index in [0.717, 1.165) is 18.7 Å². The minimum absolute atomic E-state index is 0.367. The zero-order valence-corrected chi connectivity index (χ0v) is 10.3. The van der Waals surface area contributed by atoms with Crippen LogP contribution in [0.5, 0.6) is 0 Å². The molecule has 2 atom stereocenters. The van der Waals surface area contributed by atoms with E-state index in [9.17, 15) is 0 Å². The quantitative estimate of drug-likeness (QED) is 0.848. The molecule has 3 heteroatoms. The summed E-state index contributed by atoms with van der Waals surface area (Å²) < 4.78 is 5.48. The predicted molar refractivity (Wildman–Crippen MR) is 65.4 cm³/mol. The standard InChI is InChI=1S/C13H22N2O/c1-3-12(13-7-5-9-16-13)14-11-6-4-8-15(2)10-11/h5,7,9,11-12,14H,3-4,6,8,10H2,1-2H3.